The van der Waals surface area contributed by atoms with E-state index in [2.05, 4.69) is 11.8 Å². The largest absolute Gasteiger partial charge is 0.395 e. The van der Waals surface area contributed by atoms with Gasteiger partial charge in [-0.3, -0.25) is 4.90 Å². The van der Waals surface area contributed by atoms with Crippen LogP contribution in [0.2, 0.25) is 0 Å². The van der Waals surface area contributed by atoms with E-state index in [1.165, 1.54) is 5.56 Å². The standard InChI is InChI=1S/C13H20N2OS/c1-2-7-15(8-9-16)10-11-3-5-12(6-4-11)13(14)17/h3-6,16H,2,7-10H2,1H3,(H2,14,17). The highest BCUT2D eigenvalue weighted by molar-refractivity contribution is 7.80. The van der Waals surface area contributed by atoms with Gasteiger partial charge in [-0.15, -0.1) is 0 Å². The molecule has 3 nitrogen and oxygen atoms in total. The normalized spacial score (nSPS) is 10.8. The molecule has 1 aromatic rings. The zero-order chi connectivity index (χ0) is 12.7. The number of aliphatic hydroxyl groups is 1. The van der Waals surface area contributed by atoms with Gasteiger partial charge >= 0.3 is 0 Å². The quantitative estimate of drug-likeness (QED) is 0.723. The minimum Gasteiger partial charge on any atom is -0.395 e. The summed E-state index contributed by atoms with van der Waals surface area (Å²) in [6, 6.07) is 7.96. The van der Waals surface area contributed by atoms with Crippen molar-refractivity contribution < 1.29 is 5.11 Å². The van der Waals surface area contributed by atoms with E-state index in [-0.39, 0.29) is 6.61 Å². The summed E-state index contributed by atoms with van der Waals surface area (Å²) in [4.78, 5) is 2.66. The molecule has 3 N–H and O–H groups in total. The van der Waals surface area contributed by atoms with Crippen molar-refractivity contribution in [2.45, 2.75) is 19.9 Å². The fraction of sp³-hybridized carbons (Fsp3) is 0.462. The highest BCUT2D eigenvalue weighted by Crippen LogP contribution is 2.08. The highest BCUT2D eigenvalue weighted by atomic mass is 32.1. The Hall–Kier alpha value is -0.970. The summed E-state index contributed by atoms with van der Waals surface area (Å²) in [6.07, 6.45) is 1.09. The van der Waals surface area contributed by atoms with Gasteiger partial charge in [0.25, 0.3) is 0 Å². The van der Waals surface area contributed by atoms with E-state index < -0.39 is 0 Å². The van der Waals surface area contributed by atoms with Crippen LogP contribution >= 0.6 is 12.2 Å². The first-order chi connectivity index (χ1) is 8.17. The SMILES string of the molecule is CCCN(CCO)Cc1ccc(C(N)=S)cc1. The molecule has 0 heterocycles. The Kier molecular flexibility index (Phi) is 6.11. The van der Waals surface area contributed by atoms with Crippen molar-refractivity contribution in [2.24, 2.45) is 5.73 Å². The fourth-order valence-corrected chi connectivity index (χ4v) is 1.90. The van der Waals surface area contributed by atoms with Crippen LogP contribution in [0.15, 0.2) is 24.3 Å². The second-order valence-electron chi connectivity index (χ2n) is 4.06. The van der Waals surface area contributed by atoms with Crippen molar-refractivity contribution >= 4 is 17.2 Å². The molecule has 0 aliphatic heterocycles. The number of hydrogen-bond acceptors (Lipinski definition) is 3. The maximum Gasteiger partial charge on any atom is 0.103 e. The third kappa shape index (κ3) is 4.81. The topological polar surface area (TPSA) is 49.5 Å². The fourth-order valence-electron chi connectivity index (χ4n) is 1.76. The van der Waals surface area contributed by atoms with Gasteiger partial charge in [0.05, 0.1) is 6.61 Å². The summed E-state index contributed by atoms with van der Waals surface area (Å²) in [6.45, 7) is 4.90. The second kappa shape index (κ2) is 7.37. The predicted molar refractivity (Wildman–Crippen MR) is 75.0 cm³/mol. The van der Waals surface area contributed by atoms with Crippen LogP contribution in [0.25, 0.3) is 0 Å². The number of thiocarbonyl (C=S) groups is 1. The van der Waals surface area contributed by atoms with Gasteiger partial charge in [-0.2, -0.15) is 0 Å². The Bertz CT molecular complexity index is 345. The molecule has 4 heteroatoms. The molecule has 0 radical (unpaired) electrons. The molecule has 0 unspecified atom stereocenters. The van der Waals surface area contributed by atoms with Gasteiger partial charge in [0.15, 0.2) is 0 Å². The van der Waals surface area contributed by atoms with Crippen LogP contribution in [0.1, 0.15) is 24.5 Å². The molecule has 0 bridgehead atoms. The molecule has 1 aromatic carbocycles. The Morgan fingerprint density at radius 2 is 1.94 bits per heavy atom. The van der Waals surface area contributed by atoms with Crippen molar-refractivity contribution in [3.8, 4) is 0 Å². The van der Waals surface area contributed by atoms with Crippen LogP contribution < -0.4 is 5.73 Å². The van der Waals surface area contributed by atoms with Crippen LogP contribution in [0.4, 0.5) is 0 Å². The van der Waals surface area contributed by atoms with Gasteiger partial charge in [-0.25, -0.2) is 0 Å². The van der Waals surface area contributed by atoms with Gasteiger partial charge < -0.3 is 10.8 Å². The zero-order valence-corrected chi connectivity index (χ0v) is 11.0. The van der Waals surface area contributed by atoms with E-state index in [0.29, 0.717) is 11.5 Å². The summed E-state index contributed by atoms with van der Waals surface area (Å²) >= 11 is 4.91. The van der Waals surface area contributed by atoms with Gasteiger partial charge in [-0.05, 0) is 18.5 Å². The maximum atomic E-state index is 8.98. The smallest absolute Gasteiger partial charge is 0.103 e. The first-order valence-corrected chi connectivity index (χ1v) is 6.30. The number of nitrogens with zero attached hydrogens (tertiary/aromatic N) is 1. The van der Waals surface area contributed by atoms with E-state index in [4.69, 9.17) is 23.1 Å². The van der Waals surface area contributed by atoms with Gasteiger partial charge in [-0.1, -0.05) is 43.4 Å². The van der Waals surface area contributed by atoms with Crippen molar-refractivity contribution in [3.05, 3.63) is 35.4 Å². The molecule has 0 amide bonds. The monoisotopic (exact) mass is 252 g/mol. The number of nitrogens with two attached hydrogens (primary N) is 1. The Labute approximate surface area is 108 Å². The minimum absolute atomic E-state index is 0.199. The molecule has 0 aromatic heterocycles. The predicted octanol–water partition coefficient (Wildman–Crippen LogP) is 1.53. The highest BCUT2D eigenvalue weighted by Gasteiger charge is 2.04. The summed E-state index contributed by atoms with van der Waals surface area (Å²) in [5.74, 6) is 0. The lowest BCUT2D eigenvalue weighted by atomic mass is 10.1. The van der Waals surface area contributed by atoms with Crippen LogP contribution in [0, 0.1) is 0 Å². The summed E-state index contributed by atoms with van der Waals surface area (Å²) < 4.78 is 0. The van der Waals surface area contributed by atoms with Gasteiger partial charge in [0.2, 0.25) is 0 Å². The first-order valence-electron chi connectivity index (χ1n) is 5.89. The third-order valence-electron chi connectivity index (χ3n) is 2.60. The minimum atomic E-state index is 0.199. The summed E-state index contributed by atoms with van der Waals surface area (Å²) in [5, 5.41) is 8.98. The lowest BCUT2D eigenvalue weighted by Gasteiger charge is -2.20. The molecule has 0 saturated carbocycles. The van der Waals surface area contributed by atoms with Crippen LogP contribution in [-0.2, 0) is 6.54 Å². The average molecular weight is 252 g/mol. The molecular weight excluding hydrogens is 232 g/mol. The molecular formula is C13H20N2OS. The molecule has 0 saturated heterocycles. The molecule has 17 heavy (non-hydrogen) atoms. The molecule has 94 valence electrons. The number of rotatable bonds is 7. The lowest BCUT2D eigenvalue weighted by Crippen LogP contribution is -2.27. The number of hydrogen-bond donors (Lipinski definition) is 2. The average Bonchev–Trinajstić information content (AvgIpc) is 2.30. The van der Waals surface area contributed by atoms with E-state index in [9.17, 15) is 0 Å². The molecule has 0 aliphatic carbocycles. The van der Waals surface area contributed by atoms with E-state index in [1.807, 2.05) is 24.3 Å². The Morgan fingerprint density at radius 3 is 2.41 bits per heavy atom. The molecule has 0 fully saturated rings. The van der Waals surface area contributed by atoms with Crippen LogP contribution in [-0.4, -0.2) is 34.7 Å². The lowest BCUT2D eigenvalue weighted by molar-refractivity contribution is 0.190. The van der Waals surface area contributed by atoms with Crippen molar-refractivity contribution in [2.75, 3.05) is 19.7 Å². The summed E-state index contributed by atoms with van der Waals surface area (Å²) in [7, 11) is 0. The Balaban J connectivity index is 2.62. The zero-order valence-electron chi connectivity index (χ0n) is 10.2. The van der Waals surface area contributed by atoms with Gasteiger partial charge in [0, 0.05) is 18.7 Å². The molecule has 0 atom stereocenters. The van der Waals surface area contributed by atoms with Crippen LogP contribution in [0.3, 0.4) is 0 Å². The third-order valence-corrected chi connectivity index (χ3v) is 2.84. The first kappa shape index (κ1) is 14.1. The van der Waals surface area contributed by atoms with Crippen molar-refractivity contribution in [1.29, 1.82) is 0 Å². The molecule has 0 spiro atoms. The summed E-state index contributed by atoms with van der Waals surface area (Å²) in [5.41, 5.74) is 7.66. The number of benzene rings is 1. The molecule has 0 aliphatic rings. The van der Waals surface area contributed by atoms with E-state index in [0.717, 1.165) is 25.1 Å². The van der Waals surface area contributed by atoms with Gasteiger partial charge in [0.1, 0.15) is 4.99 Å². The second-order valence-corrected chi connectivity index (χ2v) is 4.50. The van der Waals surface area contributed by atoms with Crippen molar-refractivity contribution in [3.63, 3.8) is 0 Å². The van der Waals surface area contributed by atoms with Crippen LogP contribution in [0.5, 0.6) is 0 Å². The number of aliphatic hydroxyl groups excluding tert-OH is 1. The van der Waals surface area contributed by atoms with E-state index in [1.54, 1.807) is 0 Å². The van der Waals surface area contributed by atoms with E-state index >= 15 is 0 Å². The van der Waals surface area contributed by atoms with Crippen molar-refractivity contribution in [1.82, 2.24) is 4.90 Å². The maximum absolute atomic E-state index is 8.98. The Morgan fingerprint density at radius 1 is 1.29 bits per heavy atom. The molecule has 1 rings (SSSR count).